The minimum absolute atomic E-state index is 0.317. The van der Waals surface area contributed by atoms with Crippen molar-refractivity contribution < 1.29 is 4.52 Å². The summed E-state index contributed by atoms with van der Waals surface area (Å²) in [5.41, 5.74) is 3.56. The molecule has 1 N–H and O–H groups in total. The van der Waals surface area contributed by atoms with Crippen LogP contribution in [0, 0.1) is 6.92 Å². The van der Waals surface area contributed by atoms with Gasteiger partial charge >= 0.3 is 0 Å². The van der Waals surface area contributed by atoms with Gasteiger partial charge in [0.2, 0.25) is 0 Å². The summed E-state index contributed by atoms with van der Waals surface area (Å²) in [6.07, 6.45) is 1.59. The summed E-state index contributed by atoms with van der Waals surface area (Å²) in [6.45, 7) is 5.01. The van der Waals surface area contributed by atoms with Crippen LogP contribution in [-0.2, 0) is 6.54 Å². The molecule has 0 aliphatic carbocycles. The molecule has 1 atom stereocenters. The summed E-state index contributed by atoms with van der Waals surface area (Å²) < 4.78 is 4.79. The van der Waals surface area contributed by atoms with Crippen LogP contribution >= 0.6 is 0 Å². The molecule has 0 amide bonds. The van der Waals surface area contributed by atoms with Crippen molar-refractivity contribution in [2.75, 3.05) is 0 Å². The van der Waals surface area contributed by atoms with Crippen LogP contribution in [0.1, 0.15) is 29.8 Å². The molecule has 0 radical (unpaired) electrons. The van der Waals surface area contributed by atoms with Crippen LogP contribution in [-0.4, -0.2) is 5.16 Å². The van der Waals surface area contributed by atoms with Gasteiger partial charge in [0.05, 0.1) is 5.69 Å². The molecule has 0 aliphatic heterocycles. The maximum absolute atomic E-state index is 4.79. The summed E-state index contributed by atoms with van der Waals surface area (Å²) in [5.74, 6) is 0. The molecule has 0 bridgehead atoms. The van der Waals surface area contributed by atoms with E-state index in [1.807, 2.05) is 6.07 Å². The number of nitrogens with zero attached hydrogens (tertiary/aromatic N) is 1. The smallest absolute Gasteiger partial charge is 0.124 e. The average molecular weight is 216 g/mol. The molecule has 3 heteroatoms. The highest BCUT2D eigenvalue weighted by molar-refractivity contribution is 5.28. The van der Waals surface area contributed by atoms with Crippen molar-refractivity contribution in [3.63, 3.8) is 0 Å². The predicted molar refractivity (Wildman–Crippen MR) is 62.9 cm³/mol. The summed E-state index contributed by atoms with van der Waals surface area (Å²) >= 11 is 0. The van der Waals surface area contributed by atoms with E-state index in [4.69, 9.17) is 4.52 Å². The monoisotopic (exact) mass is 216 g/mol. The SMILES string of the molecule is Cc1ccccc1C(C)NCc1ccon1. The van der Waals surface area contributed by atoms with E-state index < -0.39 is 0 Å². The molecule has 0 aliphatic rings. The Morgan fingerprint density at radius 3 is 2.81 bits per heavy atom. The number of nitrogens with one attached hydrogen (secondary N) is 1. The van der Waals surface area contributed by atoms with Crippen molar-refractivity contribution in [1.29, 1.82) is 0 Å². The molecule has 0 fully saturated rings. The zero-order valence-corrected chi connectivity index (χ0v) is 9.60. The van der Waals surface area contributed by atoms with Gasteiger partial charge in [0.15, 0.2) is 0 Å². The topological polar surface area (TPSA) is 38.1 Å². The lowest BCUT2D eigenvalue weighted by molar-refractivity contribution is 0.406. The molecule has 84 valence electrons. The summed E-state index contributed by atoms with van der Waals surface area (Å²) in [5, 5.41) is 7.29. The molecule has 2 rings (SSSR count). The molecular formula is C13H16N2O. The lowest BCUT2D eigenvalue weighted by atomic mass is 10.0. The first-order valence-corrected chi connectivity index (χ1v) is 5.45. The Hall–Kier alpha value is -1.61. The number of rotatable bonds is 4. The van der Waals surface area contributed by atoms with Gasteiger partial charge in [-0.1, -0.05) is 29.4 Å². The zero-order valence-electron chi connectivity index (χ0n) is 9.60. The number of hydrogen-bond donors (Lipinski definition) is 1. The van der Waals surface area contributed by atoms with E-state index in [-0.39, 0.29) is 0 Å². The van der Waals surface area contributed by atoms with E-state index in [9.17, 15) is 0 Å². The molecule has 0 saturated carbocycles. The molecule has 0 spiro atoms. The van der Waals surface area contributed by atoms with E-state index in [0.29, 0.717) is 6.04 Å². The number of hydrogen-bond acceptors (Lipinski definition) is 3. The largest absolute Gasteiger partial charge is 0.364 e. The van der Waals surface area contributed by atoms with Gasteiger partial charge in [-0.25, -0.2) is 0 Å². The highest BCUT2D eigenvalue weighted by Crippen LogP contribution is 2.16. The lowest BCUT2D eigenvalue weighted by Crippen LogP contribution is -2.18. The first-order chi connectivity index (χ1) is 7.77. The van der Waals surface area contributed by atoms with Gasteiger partial charge in [0.25, 0.3) is 0 Å². The second-order valence-electron chi connectivity index (χ2n) is 3.95. The normalized spacial score (nSPS) is 12.6. The molecule has 3 nitrogen and oxygen atoms in total. The van der Waals surface area contributed by atoms with E-state index in [0.717, 1.165) is 12.2 Å². The molecule has 2 aromatic rings. The maximum Gasteiger partial charge on any atom is 0.124 e. The van der Waals surface area contributed by atoms with Crippen LogP contribution in [0.4, 0.5) is 0 Å². The molecule has 0 saturated heterocycles. The van der Waals surface area contributed by atoms with Crippen molar-refractivity contribution in [1.82, 2.24) is 10.5 Å². The van der Waals surface area contributed by atoms with Crippen molar-refractivity contribution in [3.8, 4) is 0 Å². The highest BCUT2D eigenvalue weighted by atomic mass is 16.5. The lowest BCUT2D eigenvalue weighted by Gasteiger charge is -2.15. The Morgan fingerprint density at radius 1 is 1.31 bits per heavy atom. The molecule has 1 aromatic heterocycles. The van der Waals surface area contributed by atoms with Gasteiger partial charge in [-0.3, -0.25) is 0 Å². The van der Waals surface area contributed by atoms with Crippen LogP contribution in [0.3, 0.4) is 0 Å². The second-order valence-corrected chi connectivity index (χ2v) is 3.95. The minimum atomic E-state index is 0.317. The summed E-state index contributed by atoms with van der Waals surface area (Å²) in [7, 11) is 0. The van der Waals surface area contributed by atoms with Gasteiger partial charge in [0, 0.05) is 18.7 Å². The Bertz CT molecular complexity index is 437. The van der Waals surface area contributed by atoms with Crippen LogP contribution in [0.5, 0.6) is 0 Å². The Balaban J connectivity index is 1.98. The Kier molecular flexibility index (Phi) is 3.37. The van der Waals surface area contributed by atoms with Gasteiger partial charge < -0.3 is 9.84 Å². The van der Waals surface area contributed by atoms with Crippen LogP contribution in [0.25, 0.3) is 0 Å². The highest BCUT2D eigenvalue weighted by Gasteiger charge is 2.07. The summed E-state index contributed by atoms with van der Waals surface area (Å²) in [4.78, 5) is 0. The molecular weight excluding hydrogens is 200 g/mol. The molecule has 1 heterocycles. The second kappa shape index (κ2) is 4.94. The first kappa shape index (κ1) is 10.9. The molecule has 1 aromatic carbocycles. The van der Waals surface area contributed by atoms with Gasteiger partial charge in [-0.05, 0) is 25.0 Å². The average Bonchev–Trinajstić information content (AvgIpc) is 2.79. The van der Waals surface area contributed by atoms with Gasteiger partial charge in [-0.15, -0.1) is 0 Å². The molecule has 16 heavy (non-hydrogen) atoms. The Morgan fingerprint density at radius 2 is 2.12 bits per heavy atom. The quantitative estimate of drug-likeness (QED) is 0.854. The van der Waals surface area contributed by atoms with Gasteiger partial charge in [0.1, 0.15) is 6.26 Å². The maximum atomic E-state index is 4.79. The van der Waals surface area contributed by atoms with Crippen LogP contribution in [0.15, 0.2) is 41.1 Å². The number of aromatic nitrogens is 1. The number of benzene rings is 1. The van der Waals surface area contributed by atoms with Crippen molar-refractivity contribution >= 4 is 0 Å². The summed E-state index contributed by atoms with van der Waals surface area (Å²) in [6, 6.07) is 10.6. The first-order valence-electron chi connectivity index (χ1n) is 5.45. The van der Waals surface area contributed by atoms with Crippen LogP contribution < -0.4 is 5.32 Å². The van der Waals surface area contributed by atoms with E-state index in [1.165, 1.54) is 11.1 Å². The third-order valence-corrected chi connectivity index (χ3v) is 2.74. The minimum Gasteiger partial charge on any atom is -0.364 e. The van der Waals surface area contributed by atoms with E-state index >= 15 is 0 Å². The van der Waals surface area contributed by atoms with E-state index in [1.54, 1.807) is 6.26 Å². The fourth-order valence-electron chi connectivity index (χ4n) is 1.77. The Labute approximate surface area is 95.5 Å². The third-order valence-electron chi connectivity index (χ3n) is 2.74. The van der Waals surface area contributed by atoms with Crippen molar-refractivity contribution in [3.05, 3.63) is 53.4 Å². The fraction of sp³-hybridized carbons (Fsp3) is 0.308. The number of aryl methyl sites for hydroxylation is 1. The van der Waals surface area contributed by atoms with Gasteiger partial charge in [-0.2, -0.15) is 0 Å². The van der Waals surface area contributed by atoms with E-state index in [2.05, 4.69) is 48.6 Å². The van der Waals surface area contributed by atoms with Crippen molar-refractivity contribution in [2.24, 2.45) is 0 Å². The standard InChI is InChI=1S/C13H16N2O/c1-10-5-3-4-6-13(10)11(2)14-9-12-7-8-16-15-12/h3-8,11,14H,9H2,1-2H3. The predicted octanol–water partition coefficient (Wildman–Crippen LogP) is 2.83. The molecule has 1 unspecified atom stereocenters. The third kappa shape index (κ3) is 2.49. The fourth-order valence-corrected chi connectivity index (χ4v) is 1.77. The zero-order chi connectivity index (χ0) is 11.4. The van der Waals surface area contributed by atoms with Crippen LogP contribution in [0.2, 0.25) is 0 Å². The van der Waals surface area contributed by atoms with Crippen molar-refractivity contribution in [2.45, 2.75) is 26.4 Å².